The molecule has 1 saturated heterocycles. The van der Waals surface area contributed by atoms with Gasteiger partial charge in [-0.25, -0.2) is 4.99 Å². The summed E-state index contributed by atoms with van der Waals surface area (Å²) in [5.41, 5.74) is 1.07. The molecule has 3 heterocycles. The Kier molecular flexibility index (Phi) is 6.76. The van der Waals surface area contributed by atoms with Crippen LogP contribution >= 0.6 is 0 Å². The average molecular weight is 415 g/mol. The number of hydrogen-bond acceptors (Lipinski definition) is 6. The van der Waals surface area contributed by atoms with Gasteiger partial charge in [0, 0.05) is 26.2 Å². The number of hydrogen-bond donors (Lipinski definition) is 2. The predicted molar refractivity (Wildman–Crippen MR) is 114 cm³/mol. The van der Waals surface area contributed by atoms with Gasteiger partial charge in [-0.15, -0.1) is 0 Å². The van der Waals surface area contributed by atoms with Crippen molar-refractivity contribution in [3.8, 4) is 11.5 Å². The first-order valence-corrected chi connectivity index (χ1v) is 10.5. The first kappa shape index (κ1) is 20.6. The number of nitrogens with zero attached hydrogens (tertiary/aromatic N) is 2. The highest BCUT2D eigenvalue weighted by Crippen LogP contribution is 2.32. The lowest BCUT2D eigenvalue weighted by atomic mass is 10.1. The van der Waals surface area contributed by atoms with Gasteiger partial charge in [-0.05, 0) is 43.7 Å². The smallest absolute Gasteiger partial charge is 0.231 e. The highest BCUT2D eigenvalue weighted by atomic mass is 16.7. The molecule has 0 amide bonds. The third-order valence-corrected chi connectivity index (χ3v) is 5.24. The Hall–Kier alpha value is -2.71. The fourth-order valence-corrected chi connectivity index (χ4v) is 3.68. The monoisotopic (exact) mass is 414 g/mol. The lowest BCUT2D eigenvalue weighted by molar-refractivity contribution is 0.0124. The highest BCUT2D eigenvalue weighted by Gasteiger charge is 2.25. The van der Waals surface area contributed by atoms with Crippen LogP contribution in [-0.2, 0) is 11.3 Å². The molecule has 30 heavy (non-hydrogen) atoms. The minimum absolute atomic E-state index is 0.122. The van der Waals surface area contributed by atoms with E-state index < -0.39 is 0 Å². The molecule has 2 aliphatic rings. The maximum Gasteiger partial charge on any atom is 0.231 e. The van der Waals surface area contributed by atoms with E-state index in [9.17, 15) is 0 Å². The number of ether oxygens (including phenoxy) is 3. The fourth-order valence-electron chi connectivity index (χ4n) is 3.68. The Labute approximate surface area is 177 Å². The molecule has 0 radical (unpaired) electrons. The van der Waals surface area contributed by atoms with Crippen molar-refractivity contribution in [3.63, 3.8) is 0 Å². The molecule has 0 spiro atoms. The van der Waals surface area contributed by atoms with E-state index in [0.717, 1.165) is 67.4 Å². The predicted octanol–water partition coefficient (Wildman–Crippen LogP) is 2.45. The molecule has 0 aliphatic carbocycles. The van der Waals surface area contributed by atoms with Crippen LogP contribution in [0.3, 0.4) is 0 Å². The second-order valence-corrected chi connectivity index (χ2v) is 7.38. The van der Waals surface area contributed by atoms with E-state index in [-0.39, 0.29) is 12.8 Å². The van der Waals surface area contributed by atoms with Gasteiger partial charge in [0.25, 0.3) is 0 Å². The minimum atomic E-state index is 0.122. The lowest BCUT2D eigenvalue weighted by Gasteiger charge is -2.33. The van der Waals surface area contributed by atoms with Gasteiger partial charge in [0.1, 0.15) is 11.5 Å². The molecule has 2 aliphatic heterocycles. The summed E-state index contributed by atoms with van der Waals surface area (Å²) in [4.78, 5) is 7.15. The molecule has 1 fully saturated rings. The molecule has 4 rings (SSSR count). The molecule has 2 N–H and O–H groups in total. The highest BCUT2D eigenvalue weighted by molar-refractivity contribution is 5.79. The molecule has 0 saturated carbocycles. The van der Waals surface area contributed by atoms with E-state index in [1.165, 1.54) is 0 Å². The van der Waals surface area contributed by atoms with Crippen molar-refractivity contribution in [3.05, 3.63) is 47.4 Å². The van der Waals surface area contributed by atoms with Gasteiger partial charge in [0.2, 0.25) is 6.79 Å². The maximum absolute atomic E-state index is 5.95. The van der Waals surface area contributed by atoms with E-state index >= 15 is 0 Å². The van der Waals surface area contributed by atoms with Crippen LogP contribution in [0.4, 0.5) is 0 Å². The number of guanidine groups is 1. The summed E-state index contributed by atoms with van der Waals surface area (Å²) < 4.78 is 22.3. The third kappa shape index (κ3) is 5.06. The molecule has 8 heteroatoms. The van der Waals surface area contributed by atoms with Crippen LogP contribution in [0.5, 0.6) is 11.5 Å². The van der Waals surface area contributed by atoms with Crippen molar-refractivity contribution >= 4 is 5.96 Å². The Morgan fingerprint density at radius 1 is 1.10 bits per heavy atom. The number of aryl methyl sites for hydroxylation is 1. The quantitative estimate of drug-likeness (QED) is 0.532. The summed E-state index contributed by atoms with van der Waals surface area (Å²) >= 11 is 0. The lowest BCUT2D eigenvalue weighted by Crippen LogP contribution is -2.46. The Bertz CT molecular complexity index is 861. The van der Waals surface area contributed by atoms with Gasteiger partial charge in [-0.2, -0.15) is 0 Å². The fraction of sp³-hybridized carbons (Fsp3) is 0.500. The van der Waals surface area contributed by atoms with E-state index in [2.05, 4.69) is 28.5 Å². The number of fused-ring (bicyclic) bond motifs is 1. The Morgan fingerprint density at radius 3 is 2.70 bits per heavy atom. The molecule has 1 aromatic carbocycles. The molecule has 1 aromatic heterocycles. The van der Waals surface area contributed by atoms with Crippen LogP contribution in [0.1, 0.15) is 30.0 Å². The number of nitrogens with one attached hydrogen (secondary N) is 2. The summed E-state index contributed by atoms with van der Waals surface area (Å²) in [6.07, 6.45) is 0. The number of rotatable bonds is 7. The Balaban J connectivity index is 1.43. The standard InChI is InChI=1S/C22H30N4O4/c1-3-23-22(24-13-17-5-7-20-21(12-17)29-15-28-20)25-14-18(19-6-4-16(2)30-19)26-8-10-27-11-9-26/h4-7,12,18H,3,8-11,13-15H2,1-2H3,(H2,23,24,25). The van der Waals surface area contributed by atoms with Gasteiger partial charge in [0.05, 0.1) is 25.8 Å². The summed E-state index contributed by atoms with van der Waals surface area (Å²) in [7, 11) is 0. The summed E-state index contributed by atoms with van der Waals surface area (Å²) in [6.45, 7) is 9.61. The van der Waals surface area contributed by atoms with Crippen molar-refractivity contribution in [1.82, 2.24) is 15.5 Å². The molecule has 8 nitrogen and oxygen atoms in total. The van der Waals surface area contributed by atoms with Crippen molar-refractivity contribution in [1.29, 1.82) is 0 Å². The zero-order valence-corrected chi connectivity index (χ0v) is 17.6. The summed E-state index contributed by atoms with van der Waals surface area (Å²) in [5.74, 6) is 4.23. The van der Waals surface area contributed by atoms with Crippen molar-refractivity contribution in [2.24, 2.45) is 4.99 Å². The zero-order chi connectivity index (χ0) is 20.8. The normalized spacial score (nSPS) is 17.7. The van der Waals surface area contributed by atoms with Crippen LogP contribution in [0, 0.1) is 6.92 Å². The largest absolute Gasteiger partial charge is 0.465 e. The first-order valence-electron chi connectivity index (χ1n) is 10.5. The van der Waals surface area contributed by atoms with Crippen molar-refractivity contribution in [2.75, 3.05) is 46.2 Å². The second kappa shape index (κ2) is 9.86. The van der Waals surface area contributed by atoms with Crippen LogP contribution in [0.2, 0.25) is 0 Å². The first-order chi connectivity index (χ1) is 14.7. The maximum atomic E-state index is 5.95. The number of aliphatic imine (C=N–C) groups is 1. The van der Waals surface area contributed by atoms with E-state index in [0.29, 0.717) is 13.1 Å². The van der Waals surface area contributed by atoms with Crippen LogP contribution in [-0.4, -0.2) is 57.0 Å². The van der Waals surface area contributed by atoms with E-state index in [1.54, 1.807) is 0 Å². The summed E-state index contributed by atoms with van der Waals surface area (Å²) in [5, 5.41) is 6.82. The number of morpholine rings is 1. The van der Waals surface area contributed by atoms with Gasteiger partial charge in [-0.1, -0.05) is 6.07 Å². The van der Waals surface area contributed by atoms with Gasteiger partial charge in [-0.3, -0.25) is 4.90 Å². The van der Waals surface area contributed by atoms with E-state index in [4.69, 9.17) is 23.6 Å². The molecular weight excluding hydrogens is 384 g/mol. The topological polar surface area (TPSA) is 80.5 Å². The van der Waals surface area contributed by atoms with E-state index in [1.807, 2.05) is 31.2 Å². The van der Waals surface area contributed by atoms with Crippen LogP contribution in [0.15, 0.2) is 39.7 Å². The number of benzene rings is 1. The second-order valence-electron chi connectivity index (χ2n) is 7.38. The molecule has 0 bridgehead atoms. The minimum Gasteiger partial charge on any atom is -0.465 e. The van der Waals surface area contributed by atoms with Gasteiger partial charge < -0.3 is 29.3 Å². The SMILES string of the molecule is CCNC(=NCc1ccc2c(c1)OCO2)NCC(c1ccc(C)o1)N1CCOCC1. The van der Waals surface area contributed by atoms with Gasteiger partial charge >= 0.3 is 0 Å². The Morgan fingerprint density at radius 2 is 1.93 bits per heavy atom. The van der Waals surface area contributed by atoms with Crippen LogP contribution in [0.25, 0.3) is 0 Å². The van der Waals surface area contributed by atoms with Gasteiger partial charge in [0.15, 0.2) is 17.5 Å². The molecule has 1 unspecified atom stereocenters. The molecular formula is C22H30N4O4. The molecule has 162 valence electrons. The molecule has 1 atom stereocenters. The third-order valence-electron chi connectivity index (χ3n) is 5.24. The van der Waals surface area contributed by atoms with Crippen molar-refractivity contribution in [2.45, 2.75) is 26.4 Å². The van der Waals surface area contributed by atoms with Crippen molar-refractivity contribution < 1.29 is 18.6 Å². The summed E-state index contributed by atoms with van der Waals surface area (Å²) in [6, 6.07) is 10.1. The zero-order valence-electron chi connectivity index (χ0n) is 17.6. The molecule has 2 aromatic rings. The number of furan rings is 1. The van der Waals surface area contributed by atoms with Crippen LogP contribution < -0.4 is 20.1 Å². The average Bonchev–Trinajstić information content (AvgIpc) is 3.41.